The summed E-state index contributed by atoms with van der Waals surface area (Å²) in [5.41, 5.74) is 4.07. The predicted molar refractivity (Wildman–Crippen MR) is 139 cm³/mol. The van der Waals surface area contributed by atoms with E-state index in [9.17, 15) is 0 Å². The van der Waals surface area contributed by atoms with Crippen LogP contribution in [0.5, 0.6) is 5.75 Å². The van der Waals surface area contributed by atoms with Crippen molar-refractivity contribution in [2.24, 2.45) is 4.99 Å². The summed E-state index contributed by atoms with van der Waals surface area (Å²) in [6.45, 7) is 5.72. The molecule has 0 aliphatic carbocycles. The fraction of sp³-hybridized carbons (Fsp3) is 0.269. The van der Waals surface area contributed by atoms with Gasteiger partial charge >= 0.3 is 0 Å². The second-order valence-electron chi connectivity index (χ2n) is 8.11. The first-order valence-corrected chi connectivity index (χ1v) is 11.5. The zero-order valence-electron chi connectivity index (χ0n) is 18.4. The highest BCUT2D eigenvalue weighted by Gasteiger charge is 2.24. The van der Waals surface area contributed by atoms with E-state index in [0.717, 1.165) is 80.0 Å². The summed E-state index contributed by atoms with van der Waals surface area (Å²) >= 11 is 6.27. The van der Waals surface area contributed by atoms with Crippen LogP contribution in [0.1, 0.15) is 12.0 Å². The summed E-state index contributed by atoms with van der Waals surface area (Å²) in [5.74, 6) is 1.96. The highest BCUT2D eigenvalue weighted by Crippen LogP contribution is 2.36. The van der Waals surface area contributed by atoms with Crippen molar-refractivity contribution in [3.63, 3.8) is 0 Å². The molecule has 0 saturated carbocycles. The molecule has 172 valence electrons. The molecule has 0 aromatic heterocycles. The largest absolute Gasteiger partial charge is 0.494 e. The number of anilines is 2. The summed E-state index contributed by atoms with van der Waals surface area (Å²) in [6, 6.07) is 24.2. The van der Waals surface area contributed by atoms with E-state index in [0.29, 0.717) is 5.02 Å². The molecule has 2 heterocycles. The minimum Gasteiger partial charge on any atom is -0.494 e. The fourth-order valence-electron chi connectivity index (χ4n) is 4.23. The first-order valence-electron chi connectivity index (χ1n) is 11.2. The van der Waals surface area contributed by atoms with Gasteiger partial charge in [0.15, 0.2) is 0 Å². The lowest BCUT2D eigenvalue weighted by atomic mass is 10.1. The summed E-state index contributed by atoms with van der Waals surface area (Å²) < 4.78 is 5.84. The number of fused-ring (bicyclic) bond motifs is 2. The Kier molecular flexibility index (Phi) is 7.76. The number of halogens is 2. The van der Waals surface area contributed by atoms with Gasteiger partial charge < -0.3 is 15.0 Å². The van der Waals surface area contributed by atoms with Crippen LogP contribution in [0.25, 0.3) is 0 Å². The van der Waals surface area contributed by atoms with Crippen molar-refractivity contribution in [2.45, 2.75) is 6.42 Å². The molecule has 2 aliphatic rings. The summed E-state index contributed by atoms with van der Waals surface area (Å²) in [6.07, 6.45) is 1.02. The molecular formula is C26H28Cl2N4O. The number of piperazine rings is 1. The van der Waals surface area contributed by atoms with Crippen LogP contribution < -0.4 is 10.1 Å². The van der Waals surface area contributed by atoms with Crippen molar-refractivity contribution >= 4 is 46.9 Å². The lowest BCUT2D eigenvalue weighted by molar-refractivity contribution is 0.170. The molecule has 0 spiro atoms. The van der Waals surface area contributed by atoms with E-state index < -0.39 is 0 Å². The lowest BCUT2D eigenvalue weighted by Crippen LogP contribution is -2.49. The number of nitrogens with zero attached hydrogens (tertiary/aromatic N) is 3. The number of ether oxygens (including phenoxy) is 1. The average Bonchev–Trinajstić information content (AvgIpc) is 2.99. The van der Waals surface area contributed by atoms with Gasteiger partial charge in [-0.15, -0.1) is 12.4 Å². The van der Waals surface area contributed by atoms with Gasteiger partial charge in [-0.2, -0.15) is 0 Å². The van der Waals surface area contributed by atoms with E-state index in [-0.39, 0.29) is 12.4 Å². The van der Waals surface area contributed by atoms with Gasteiger partial charge in [-0.3, -0.25) is 4.90 Å². The molecule has 0 amide bonds. The molecule has 2 aliphatic heterocycles. The van der Waals surface area contributed by atoms with Crippen molar-refractivity contribution in [2.75, 3.05) is 44.6 Å². The van der Waals surface area contributed by atoms with Crippen LogP contribution in [0.2, 0.25) is 5.02 Å². The van der Waals surface area contributed by atoms with Gasteiger partial charge in [-0.25, -0.2) is 4.99 Å². The number of amidine groups is 1. The van der Waals surface area contributed by atoms with Crippen LogP contribution in [-0.4, -0.2) is 55.0 Å². The number of hydrogen-bond donors (Lipinski definition) is 1. The van der Waals surface area contributed by atoms with Crippen LogP contribution in [0, 0.1) is 0 Å². The monoisotopic (exact) mass is 482 g/mol. The molecule has 1 N–H and O–H groups in total. The van der Waals surface area contributed by atoms with Gasteiger partial charge in [0.1, 0.15) is 11.6 Å². The van der Waals surface area contributed by atoms with Gasteiger partial charge in [0.25, 0.3) is 0 Å². The highest BCUT2D eigenvalue weighted by molar-refractivity contribution is 6.31. The van der Waals surface area contributed by atoms with E-state index in [2.05, 4.69) is 39.4 Å². The summed E-state index contributed by atoms with van der Waals surface area (Å²) in [7, 11) is 0. The number of rotatable bonds is 5. The molecule has 0 unspecified atom stereocenters. The quantitative estimate of drug-likeness (QED) is 0.453. The molecule has 0 atom stereocenters. The number of nitrogens with one attached hydrogen (secondary N) is 1. The van der Waals surface area contributed by atoms with Gasteiger partial charge in [0, 0.05) is 49.0 Å². The fourth-order valence-corrected chi connectivity index (χ4v) is 4.40. The molecule has 1 fully saturated rings. The maximum atomic E-state index is 6.27. The number of hydrogen-bond acceptors (Lipinski definition) is 5. The van der Waals surface area contributed by atoms with E-state index in [4.69, 9.17) is 21.3 Å². The minimum atomic E-state index is 0. The molecule has 0 radical (unpaired) electrons. The van der Waals surface area contributed by atoms with E-state index >= 15 is 0 Å². The second-order valence-corrected chi connectivity index (χ2v) is 8.55. The van der Waals surface area contributed by atoms with Crippen molar-refractivity contribution in [3.05, 3.63) is 83.4 Å². The maximum absolute atomic E-state index is 6.27. The van der Waals surface area contributed by atoms with Crippen LogP contribution in [0.4, 0.5) is 17.1 Å². The Morgan fingerprint density at radius 2 is 1.64 bits per heavy atom. The third-order valence-corrected chi connectivity index (χ3v) is 6.16. The van der Waals surface area contributed by atoms with Crippen molar-refractivity contribution in [1.29, 1.82) is 0 Å². The Hall–Kier alpha value is -2.73. The topological polar surface area (TPSA) is 40.1 Å². The lowest BCUT2D eigenvalue weighted by Gasteiger charge is -2.36. The van der Waals surface area contributed by atoms with Crippen LogP contribution in [-0.2, 0) is 0 Å². The highest BCUT2D eigenvalue weighted by atomic mass is 35.5. The Morgan fingerprint density at radius 1 is 0.879 bits per heavy atom. The summed E-state index contributed by atoms with van der Waals surface area (Å²) in [4.78, 5) is 9.96. The molecule has 0 bridgehead atoms. The molecule has 3 aromatic carbocycles. The van der Waals surface area contributed by atoms with Gasteiger partial charge in [0.2, 0.25) is 0 Å². The zero-order chi connectivity index (χ0) is 21.8. The number of para-hydroxylation sites is 2. The first kappa shape index (κ1) is 23.4. The molecule has 5 rings (SSSR count). The van der Waals surface area contributed by atoms with E-state index in [1.165, 1.54) is 0 Å². The van der Waals surface area contributed by atoms with Crippen molar-refractivity contribution in [1.82, 2.24) is 9.80 Å². The average molecular weight is 483 g/mol. The SMILES string of the molecule is Cl.Clc1ccc2c(c1)N=C(N1CCN(CCCOc3ccccc3)CC1)c1ccccc1N2. The van der Waals surface area contributed by atoms with Gasteiger partial charge in [0.05, 0.1) is 18.0 Å². The maximum Gasteiger partial charge on any atom is 0.138 e. The van der Waals surface area contributed by atoms with Crippen molar-refractivity contribution in [3.8, 4) is 5.75 Å². The number of benzene rings is 3. The van der Waals surface area contributed by atoms with Crippen LogP contribution in [0.3, 0.4) is 0 Å². The standard InChI is InChI=1S/C26H27ClN4O.ClH/c27-20-11-12-24-25(19-20)29-26(22-9-4-5-10-23(22)28-24)31-16-14-30(15-17-31)13-6-18-32-21-7-2-1-3-8-21;/h1-5,7-12,19,28H,6,13-18H2;1H. The third kappa shape index (κ3) is 5.61. The summed E-state index contributed by atoms with van der Waals surface area (Å²) in [5, 5.41) is 4.23. The Morgan fingerprint density at radius 3 is 2.45 bits per heavy atom. The molecule has 1 saturated heterocycles. The predicted octanol–water partition coefficient (Wildman–Crippen LogP) is 5.98. The number of aliphatic imine (C=N–C) groups is 1. The Labute approximate surface area is 206 Å². The third-order valence-electron chi connectivity index (χ3n) is 5.93. The van der Waals surface area contributed by atoms with Gasteiger partial charge in [-0.05, 0) is 48.9 Å². The van der Waals surface area contributed by atoms with Gasteiger partial charge in [-0.1, -0.05) is 41.9 Å². The molecular weight excluding hydrogens is 455 g/mol. The minimum absolute atomic E-state index is 0. The molecule has 5 nitrogen and oxygen atoms in total. The van der Waals surface area contributed by atoms with Crippen molar-refractivity contribution < 1.29 is 4.74 Å². The Balaban J connectivity index is 0.00000259. The van der Waals surface area contributed by atoms with Crippen LogP contribution >= 0.6 is 24.0 Å². The normalized spacial score (nSPS) is 15.3. The van der Waals surface area contributed by atoms with E-state index in [1.54, 1.807) is 0 Å². The molecule has 7 heteroatoms. The van der Waals surface area contributed by atoms with E-state index in [1.807, 2.05) is 48.5 Å². The first-order chi connectivity index (χ1) is 15.8. The molecule has 33 heavy (non-hydrogen) atoms. The molecule has 3 aromatic rings. The smallest absolute Gasteiger partial charge is 0.138 e. The Bertz CT molecular complexity index is 1100. The zero-order valence-corrected chi connectivity index (χ0v) is 20.0. The van der Waals surface area contributed by atoms with Crippen LogP contribution in [0.15, 0.2) is 77.8 Å². The second kappa shape index (κ2) is 10.9.